The van der Waals surface area contributed by atoms with E-state index in [1.807, 2.05) is 0 Å². The van der Waals surface area contributed by atoms with E-state index in [0.717, 1.165) is 16.7 Å². The van der Waals surface area contributed by atoms with Crippen LogP contribution in [-0.4, -0.2) is 61.0 Å². The first-order valence-corrected chi connectivity index (χ1v) is 10.0. The zero-order valence-corrected chi connectivity index (χ0v) is 17.9. The quantitative estimate of drug-likeness (QED) is 0.425. The summed E-state index contributed by atoms with van der Waals surface area (Å²) in [6.45, 7) is 4.92. The lowest BCUT2D eigenvalue weighted by Crippen LogP contribution is -2.42. The van der Waals surface area contributed by atoms with E-state index in [9.17, 15) is 19.2 Å². The monoisotopic (exact) mass is 437 g/mol. The van der Waals surface area contributed by atoms with Gasteiger partial charge in [-0.1, -0.05) is 6.07 Å². The number of hydrogen-bond donors (Lipinski definition) is 0. The van der Waals surface area contributed by atoms with Gasteiger partial charge in [0.1, 0.15) is 6.04 Å². The Morgan fingerprint density at radius 1 is 1.13 bits per heavy atom. The van der Waals surface area contributed by atoms with Crippen molar-refractivity contribution in [2.75, 3.05) is 26.9 Å². The number of carbonyl (C=O) groups is 4. The molecule has 0 bridgehead atoms. The second kappa shape index (κ2) is 10.7. The minimum atomic E-state index is -1.02. The van der Waals surface area contributed by atoms with Gasteiger partial charge in [0.15, 0.2) is 18.1 Å². The summed E-state index contributed by atoms with van der Waals surface area (Å²) >= 11 is 0.735. The fourth-order valence-electron chi connectivity index (χ4n) is 2.57. The van der Waals surface area contributed by atoms with Crippen LogP contribution in [0.2, 0.25) is 0 Å². The Balaban J connectivity index is 2.18. The Bertz CT molecular complexity index is 866. The van der Waals surface area contributed by atoms with Crippen molar-refractivity contribution in [2.24, 2.45) is 0 Å². The smallest absolute Gasteiger partial charge is 0.344 e. The van der Waals surface area contributed by atoms with Crippen LogP contribution in [0.4, 0.5) is 4.79 Å². The predicted octanol–water partition coefficient (Wildman–Crippen LogP) is 2.63. The average molecular weight is 437 g/mol. The van der Waals surface area contributed by atoms with Crippen molar-refractivity contribution in [3.63, 3.8) is 0 Å². The Kier molecular flexibility index (Phi) is 8.28. The zero-order valence-electron chi connectivity index (χ0n) is 17.1. The lowest BCUT2D eigenvalue weighted by atomic mass is 10.1. The van der Waals surface area contributed by atoms with Gasteiger partial charge in [0, 0.05) is 0 Å². The first kappa shape index (κ1) is 23.3. The molecule has 2 amide bonds. The molecule has 0 unspecified atom stereocenters. The maximum absolute atomic E-state index is 12.6. The Hall–Kier alpha value is -3.01. The van der Waals surface area contributed by atoms with Gasteiger partial charge in [-0.05, 0) is 56.3 Å². The topological polar surface area (TPSA) is 108 Å². The highest BCUT2D eigenvalue weighted by molar-refractivity contribution is 8.18. The van der Waals surface area contributed by atoms with Gasteiger partial charge in [0.2, 0.25) is 0 Å². The van der Waals surface area contributed by atoms with Gasteiger partial charge < -0.3 is 18.9 Å². The van der Waals surface area contributed by atoms with Crippen molar-refractivity contribution in [3.05, 3.63) is 28.7 Å². The fraction of sp³-hybridized carbons (Fsp3) is 0.400. The van der Waals surface area contributed by atoms with E-state index in [1.165, 1.54) is 20.1 Å². The minimum absolute atomic E-state index is 0.152. The van der Waals surface area contributed by atoms with Crippen LogP contribution < -0.4 is 9.47 Å². The van der Waals surface area contributed by atoms with Crippen molar-refractivity contribution in [1.82, 2.24) is 4.90 Å². The summed E-state index contributed by atoms with van der Waals surface area (Å²) in [6, 6.07) is 3.81. The maximum atomic E-state index is 12.6. The van der Waals surface area contributed by atoms with Gasteiger partial charge in [0.25, 0.3) is 11.1 Å². The molecule has 0 saturated carbocycles. The van der Waals surface area contributed by atoms with Gasteiger partial charge in [-0.2, -0.15) is 0 Å². The number of ether oxygens (including phenoxy) is 4. The van der Waals surface area contributed by atoms with Crippen LogP contribution in [0, 0.1) is 0 Å². The molecule has 1 aliphatic rings. The molecule has 0 aliphatic carbocycles. The number of carbonyl (C=O) groups excluding carboxylic acids is 4. The molecule has 1 aromatic rings. The lowest BCUT2D eigenvalue weighted by molar-refractivity contribution is -0.150. The Labute approximate surface area is 178 Å². The predicted molar refractivity (Wildman–Crippen MR) is 109 cm³/mol. The first-order chi connectivity index (χ1) is 14.3. The molecule has 1 atom stereocenters. The number of thioether (sulfide) groups is 1. The van der Waals surface area contributed by atoms with Crippen LogP contribution in [0.1, 0.15) is 26.3 Å². The number of amides is 2. The molecule has 10 heteroatoms. The number of esters is 2. The average Bonchev–Trinajstić information content (AvgIpc) is 2.99. The highest BCUT2D eigenvalue weighted by Crippen LogP contribution is 2.35. The molecule has 9 nitrogen and oxygen atoms in total. The first-order valence-electron chi connectivity index (χ1n) is 9.22. The Morgan fingerprint density at radius 2 is 1.83 bits per heavy atom. The minimum Gasteiger partial charge on any atom is -0.493 e. The number of nitrogens with zero attached hydrogens (tertiary/aromatic N) is 1. The SMILES string of the molecule is CCOC(=O)COc1ccc(/C=C2/SC(=O)N([C@@H](C)C(=O)OCC)C2=O)cc1OC. The molecule has 0 aromatic heterocycles. The summed E-state index contributed by atoms with van der Waals surface area (Å²) in [6.07, 6.45) is 1.51. The van der Waals surface area contributed by atoms with Gasteiger partial charge in [-0.15, -0.1) is 0 Å². The van der Waals surface area contributed by atoms with Crippen LogP contribution in [-0.2, 0) is 23.9 Å². The maximum Gasteiger partial charge on any atom is 0.344 e. The number of imide groups is 1. The van der Waals surface area contributed by atoms with E-state index in [2.05, 4.69) is 0 Å². The van der Waals surface area contributed by atoms with Crippen LogP contribution in [0.15, 0.2) is 23.1 Å². The summed E-state index contributed by atoms with van der Waals surface area (Å²) in [7, 11) is 1.44. The standard InChI is InChI=1S/C20H23NO8S/c1-5-27-17(22)11-29-14-8-7-13(9-15(14)26-4)10-16-18(23)21(20(25)30-16)12(3)19(24)28-6-2/h7-10,12H,5-6,11H2,1-4H3/b16-10+/t12-/m0/s1. The highest BCUT2D eigenvalue weighted by Gasteiger charge is 2.41. The molecule has 1 heterocycles. The summed E-state index contributed by atoms with van der Waals surface area (Å²) < 4.78 is 20.4. The van der Waals surface area contributed by atoms with Crippen molar-refractivity contribution in [2.45, 2.75) is 26.8 Å². The van der Waals surface area contributed by atoms with Crippen LogP contribution in [0.25, 0.3) is 6.08 Å². The molecule has 1 aromatic carbocycles. The van der Waals surface area contributed by atoms with Crippen LogP contribution in [0.5, 0.6) is 11.5 Å². The van der Waals surface area contributed by atoms with Gasteiger partial charge in [-0.25, -0.2) is 9.59 Å². The summed E-state index contributed by atoms with van der Waals surface area (Å²) in [5, 5.41) is -0.548. The van der Waals surface area contributed by atoms with Crippen molar-refractivity contribution in [3.8, 4) is 11.5 Å². The molecule has 30 heavy (non-hydrogen) atoms. The number of methoxy groups -OCH3 is 1. The van der Waals surface area contributed by atoms with Gasteiger partial charge >= 0.3 is 11.9 Å². The molecule has 162 valence electrons. The Morgan fingerprint density at radius 3 is 2.47 bits per heavy atom. The summed E-state index contributed by atoms with van der Waals surface area (Å²) in [5.41, 5.74) is 0.574. The van der Waals surface area contributed by atoms with Gasteiger partial charge in [-0.3, -0.25) is 14.5 Å². The van der Waals surface area contributed by atoms with Crippen molar-refractivity contribution >= 4 is 40.9 Å². The van der Waals surface area contributed by atoms with Crippen molar-refractivity contribution in [1.29, 1.82) is 0 Å². The number of benzene rings is 1. The third-order valence-corrected chi connectivity index (χ3v) is 4.86. The van der Waals surface area contributed by atoms with Crippen LogP contribution >= 0.6 is 11.8 Å². The van der Waals surface area contributed by atoms with Gasteiger partial charge in [0.05, 0.1) is 25.2 Å². The fourth-order valence-corrected chi connectivity index (χ4v) is 3.47. The molecule has 0 N–H and O–H groups in total. The van der Waals surface area contributed by atoms with E-state index in [4.69, 9.17) is 18.9 Å². The summed E-state index contributed by atoms with van der Waals surface area (Å²) in [4.78, 5) is 49.3. The second-order valence-electron chi connectivity index (χ2n) is 5.98. The van der Waals surface area contributed by atoms with Crippen molar-refractivity contribution < 1.29 is 38.1 Å². The highest BCUT2D eigenvalue weighted by atomic mass is 32.2. The molecule has 2 rings (SSSR count). The normalized spacial score (nSPS) is 15.9. The van der Waals surface area contributed by atoms with E-state index in [-0.39, 0.29) is 24.7 Å². The molecule has 1 fully saturated rings. The largest absolute Gasteiger partial charge is 0.493 e. The van der Waals surface area contributed by atoms with E-state index in [0.29, 0.717) is 17.1 Å². The van der Waals surface area contributed by atoms with E-state index >= 15 is 0 Å². The summed E-state index contributed by atoms with van der Waals surface area (Å²) in [5.74, 6) is -1.06. The lowest BCUT2D eigenvalue weighted by Gasteiger charge is -2.19. The molecule has 1 saturated heterocycles. The second-order valence-corrected chi connectivity index (χ2v) is 6.98. The van der Waals surface area contributed by atoms with E-state index in [1.54, 1.807) is 32.0 Å². The van der Waals surface area contributed by atoms with E-state index < -0.39 is 29.1 Å². The number of rotatable bonds is 9. The molecule has 1 aliphatic heterocycles. The zero-order chi connectivity index (χ0) is 22.3. The molecular formula is C20H23NO8S. The third kappa shape index (κ3) is 5.53. The molecule has 0 radical (unpaired) electrons. The third-order valence-electron chi connectivity index (χ3n) is 3.97. The molecule has 0 spiro atoms. The van der Waals surface area contributed by atoms with Crippen LogP contribution in [0.3, 0.4) is 0 Å². The number of hydrogen-bond acceptors (Lipinski definition) is 9. The molecular weight excluding hydrogens is 414 g/mol.